The predicted molar refractivity (Wildman–Crippen MR) is 69.3 cm³/mol. The Bertz CT molecular complexity index is 355. The summed E-state index contributed by atoms with van der Waals surface area (Å²) in [7, 11) is 0. The third-order valence-electron chi connectivity index (χ3n) is 3.28. The summed E-state index contributed by atoms with van der Waals surface area (Å²) in [6.45, 7) is 4.31. The van der Waals surface area contributed by atoms with Crippen molar-refractivity contribution in [2.24, 2.45) is 11.7 Å². The van der Waals surface area contributed by atoms with Gasteiger partial charge in [0.25, 0.3) is 0 Å². The Morgan fingerprint density at radius 3 is 2.81 bits per heavy atom. The van der Waals surface area contributed by atoms with Gasteiger partial charge in [-0.1, -0.05) is 0 Å². The molecule has 3 nitrogen and oxygen atoms in total. The van der Waals surface area contributed by atoms with Gasteiger partial charge in [0.1, 0.15) is 0 Å². The average Bonchev–Trinajstić information content (AvgIpc) is 3.00. The summed E-state index contributed by atoms with van der Waals surface area (Å²) in [6.07, 6.45) is 6.63. The van der Waals surface area contributed by atoms with E-state index in [9.17, 15) is 0 Å². The predicted octanol–water partition coefficient (Wildman–Crippen LogP) is 2.90. The van der Waals surface area contributed by atoms with Crippen LogP contribution >= 0.6 is 15.9 Å². The average molecular weight is 286 g/mol. The number of hydrogen-bond acceptors (Lipinski definition) is 2. The largest absolute Gasteiger partial charge is 0.327 e. The molecular formula is C12H20BrN3. The molecule has 1 fully saturated rings. The van der Waals surface area contributed by atoms with Gasteiger partial charge in [0.15, 0.2) is 0 Å². The molecule has 0 aromatic carbocycles. The van der Waals surface area contributed by atoms with E-state index in [4.69, 9.17) is 5.73 Å². The second-order valence-corrected chi connectivity index (χ2v) is 5.87. The summed E-state index contributed by atoms with van der Waals surface area (Å²) in [4.78, 5) is 0. The number of hydrogen-bond donors (Lipinski definition) is 1. The van der Waals surface area contributed by atoms with Gasteiger partial charge in [0.05, 0.1) is 16.4 Å². The molecule has 0 radical (unpaired) electrons. The van der Waals surface area contributed by atoms with E-state index in [0.717, 1.165) is 23.2 Å². The molecule has 2 N–H and O–H groups in total. The molecule has 1 atom stereocenters. The number of nitrogens with zero attached hydrogens (tertiary/aromatic N) is 2. The van der Waals surface area contributed by atoms with Gasteiger partial charge in [-0.25, -0.2) is 0 Å². The second kappa shape index (κ2) is 4.88. The van der Waals surface area contributed by atoms with Crippen molar-refractivity contribution >= 4 is 15.9 Å². The fourth-order valence-electron chi connectivity index (χ4n) is 2.11. The lowest BCUT2D eigenvalue weighted by Crippen LogP contribution is -2.23. The van der Waals surface area contributed by atoms with Crippen molar-refractivity contribution in [2.45, 2.75) is 51.6 Å². The van der Waals surface area contributed by atoms with E-state index in [-0.39, 0.29) is 0 Å². The van der Waals surface area contributed by atoms with Crippen LogP contribution in [-0.4, -0.2) is 15.8 Å². The smallest absolute Gasteiger partial charge is 0.0635 e. The Labute approximate surface area is 106 Å². The molecular weight excluding hydrogens is 266 g/mol. The molecule has 0 spiro atoms. The molecule has 1 heterocycles. The zero-order valence-electron chi connectivity index (χ0n) is 9.99. The lowest BCUT2D eigenvalue weighted by atomic mass is 10.1. The van der Waals surface area contributed by atoms with Gasteiger partial charge in [-0.05, 0) is 61.4 Å². The minimum atomic E-state index is 0.377. The monoisotopic (exact) mass is 285 g/mol. The summed E-state index contributed by atoms with van der Waals surface area (Å²) in [5.41, 5.74) is 7.41. The maximum Gasteiger partial charge on any atom is 0.0635 e. The molecule has 1 aromatic rings. The van der Waals surface area contributed by atoms with E-state index in [0.29, 0.717) is 12.1 Å². The fourth-order valence-corrected chi connectivity index (χ4v) is 2.58. The van der Waals surface area contributed by atoms with Gasteiger partial charge in [-0.3, -0.25) is 4.68 Å². The molecule has 0 aliphatic heterocycles. The van der Waals surface area contributed by atoms with Crippen LogP contribution in [0.1, 0.15) is 44.8 Å². The summed E-state index contributed by atoms with van der Waals surface area (Å²) in [5.74, 6) is 0.786. The lowest BCUT2D eigenvalue weighted by Gasteiger charge is -2.14. The SMILES string of the molecule is CC(C)n1ncc(Br)c1CCC(N)C1CC1. The van der Waals surface area contributed by atoms with E-state index < -0.39 is 0 Å². The molecule has 1 aliphatic rings. The summed E-state index contributed by atoms with van der Waals surface area (Å²) in [6, 6.07) is 0.792. The Morgan fingerprint density at radius 2 is 2.25 bits per heavy atom. The molecule has 90 valence electrons. The standard InChI is InChI=1S/C12H20BrN3/c1-8(2)16-12(10(13)7-15-16)6-5-11(14)9-3-4-9/h7-9,11H,3-6,14H2,1-2H3. The van der Waals surface area contributed by atoms with E-state index in [1.807, 2.05) is 6.20 Å². The minimum Gasteiger partial charge on any atom is -0.327 e. The highest BCUT2D eigenvalue weighted by Crippen LogP contribution is 2.33. The number of aromatic nitrogens is 2. The van der Waals surface area contributed by atoms with E-state index >= 15 is 0 Å². The van der Waals surface area contributed by atoms with Crippen molar-refractivity contribution in [3.63, 3.8) is 0 Å². The second-order valence-electron chi connectivity index (χ2n) is 5.02. The van der Waals surface area contributed by atoms with Gasteiger partial charge < -0.3 is 5.73 Å². The number of nitrogens with two attached hydrogens (primary N) is 1. The van der Waals surface area contributed by atoms with Crippen LogP contribution in [0.4, 0.5) is 0 Å². The summed E-state index contributed by atoms with van der Waals surface area (Å²) < 4.78 is 3.20. The van der Waals surface area contributed by atoms with Crippen molar-refractivity contribution in [1.82, 2.24) is 9.78 Å². The summed E-state index contributed by atoms with van der Waals surface area (Å²) >= 11 is 3.56. The highest BCUT2D eigenvalue weighted by atomic mass is 79.9. The van der Waals surface area contributed by atoms with Crippen molar-refractivity contribution in [3.8, 4) is 0 Å². The summed E-state index contributed by atoms with van der Waals surface area (Å²) in [5, 5.41) is 4.38. The molecule has 0 bridgehead atoms. The maximum atomic E-state index is 6.13. The quantitative estimate of drug-likeness (QED) is 0.904. The number of rotatable bonds is 5. The van der Waals surface area contributed by atoms with Crippen LogP contribution in [0.5, 0.6) is 0 Å². The molecule has 4 heteroatoms. The van der Waals surface area contributed by atoms with E-state index in [1.165, 1.54) is 18.5 Å². The van der Waals surface area contributed by atoms with E-state index in [1.54, 1.807) is 0 Å². The minimum absolute atomic E-state index is 0.377. The number of halogens is 1. The molecule has 2 rings (SSSR count). The Hall–Kier alpha value is -0.350. The van der Waals surface area contributed by atoms with Crippen molar-refractivity contribution in [3.05, 3.63) is 16.4 Å². The van der Waals surface area contributed by atoms with Crippen LogP contribution in [0.25, 0.3) is 0 Å². The Kier molecular flexibility index (Phi) is 3.70. The van der Waals surface area contributed by atoms with Crippen LogP contribution in [-0.2, 0) is 6.42 Å². The van der Waals surface area contributed by atoms with Crippen LogP contribution < -0.4 is 5.73 Å². The molecule has 0 saturated heterocycles. The normalized spacial score (nSPS) is 18.1. The molecule has 1 aliphatic carbocycles. The van der Waals surface area contributed by atoms with Gasteiger partial charge in [0.2, 0.25) is 0 Å². The molecule has 0 amide bonds. The highest BCUT2D eigenvalue weighted by molar-refractivity contribution is 9.10. The van der Waals surface area contributed by atoms with Gasteiger partial charge in [-0.15, -0.1) is 0 Å². The third kappa shape index (κ3) is 2.66. The van der Waals surface area contributed by atoms with Crippen molar-refractivity contribution in [2.75, 3.05) is 0 Å². The molecule has 1 unspecified atom stereocenters. The van der Waals surface area contributed by atoms with Crippen LogP contribution in [0, 0.1) is 5.92 Å². The highest BCUT2D eigenvalue weighted by Gasteiger charge is 2.28. The third-order valence-corrected chi connectivity index (χ3v) is 3.94. The first kappa shape index (κ1) is 12.1. The van der Waals surface area contributed by atoms with Gasteiger partial charge in [-0.2, -0.15) is 5.10 Å². The van der Waals surface area contributed by atoms with Crippen LogP contribution in [0.2, 0.25) is 0 Å². The van der Waals surface area contributed by atoms with Crippen LogP contribution in [0.3, 0.4) is 0 Å². The molecule has 1 saturated carbocycles. The van der Waals surface area contributed by atoms with Crippen molar-refractivity contribution in [1.29, 1.82) is 0 Å². The van der Waals surface area contributed by atoms with Gasteiger partial charge >= 0.3 is 0 Å². The Morgan fingerprint density at radius 1 is 1.56 bits per heavy atom. The lowest BCUT2D eigenvalue weighted by molar-refractivity contribution is 0.484. The molecule has 1 aromatic heterocycles. The van der Waals surface area contributed by atoms with E-state index in [2.05, 4.69) is 39.6 Å². The van der Waals surface area contributed by atoms with Crippen LogP contribution in [0.15, 0.2) is 10.7 Å². The Balaban J connectivity index is 1.99. The topological polar surface area (TPSA) is 43.8 Å². The maximum absolute atomic E-state index is 6.13. The van der Waals surface area contributed by atoms with Crippen molar-refractivity contribution < 1.29 is 0 Å². The zero-order chi connectivity index (χ0) is 11.7. The molecule has 16 heavy (non-hydrogen) atoms. The first-order valence-electron chi connectivity index (χ1n) is 6.07. The first-order valence-corrected chi connectivity index (χ1v) is 6.86. The first-order chi connectivity index (χ1) is 7.59. The zero-order valence-corrected chi connectivity index (χ0v) is 11.6. The fraction of sp³-hybridized carbons (Fsp3) is 0.750. The van der Waals surface area contributed by atoms with Gasteiger partial charge in [0, 0.05) is 12.1 Å².